The Balaban J connectivity index is 3.58. The van der Waals surface area contributed by atoms with E-state index in [-0.39, 0.29) is 18.5 Å². The maximum atomic E-state index is 12.5. The monoisotopic (exact) mass is 254 g/mol. The molecule has 0 atom stereocenters. The summed E-state index contributed by atoms with van der Waals surface area (Å²) >= 11 is 0. The van der Waals surface area contributed by atoms with Crippen LogP contribution >= 0.6 is 0 Å². The highest BCUT2D eigenvalue weighted by Gasteiger charge is 2.39. The Morgan fingerprint density at radius 3 is 2.35 bits per heavy atom. The number of alkyl halides is 5. The number of carbonyl (C=O) groups excluding carboxylic acids is 1. The van der Waals surface area contributed by atoms with E-state index < -0.39 is 29.4 Å². The maximum Gasteiger partial charge on any atom is 0.419 e. The summed E-state index contributed by atoms with van der Waals surface area (Å²) in [6.07, 6.45) is -8.64. The normalized spacial score (nSPS) is 11.9. The molecule has 0 aliphatic rings. The summed E-state index contributed by atoms with van der Waals surface area (Å²) in [5, 5.41) is 0. The van der Waals surface area contributed by atoms with Crippen LogP contribution in [0.5, 0.6) is 0 Å². The zero-order valence-corrected chi connectivity index (χ0v) is 8.26. The summed E-state index contributed by atoms with van der Waals surface area (Å²) < 4.78 is 62.6. The van der Waals surface area contributed by atoms with Crippen molar-refractivity contribution in [2.24, 2.45) is 5.73 Å². The van der Waals surface area contributed by atoms with Crippen LogP contribution < -0.4 is 5.73 Å². The molecule has 17 heavy (non-hydrogen) atoms. The molecule has 0 radical (unpaired) electrons. The Kier molecular flexibility index (Phi) is 3.76. The van der Waals surface area contributed by atoms with Gasteiger partial charge in [-0.15, -0.1) is 0 Å². The van der Waals surface area contributed by atoms with Gasteiger partial charge in [-0.25, -0.2) is 13.8 Å². The van der Waals surface area contributed by atoms with Gasteiger partial charge in [-0.05, 0) is 6.07 Å². The summed E-state index contributed by atoms with van der Waals surface area (Å²) in [5.74, 6) is 0. The standard InChI is InChI=1S/C9H7F5N2O/c10-8(11)5-1-4(2-15)16-6(3-17)7(5)9(12,13)14/h1,3,8H,2,15H2. The molecule has 1 heterocycles. The summed E-state index contributed by atoms with van der Waals surface area (Å²) in [7, 11) is 0. The number of pyridine rings is 1. The van der Waals surface area contributed by atoms with Crippen molar-refractivity contribution in [2.75, 3.05) is 0 Å². The predicted octanol–water partition coefficient (Wildman–Crippen LogP) is 2.31. The Morgan fingerprint density at radius 2 is 2.00 bits per heavy atom. The van der Waals surface area contributed by atoms with Crippen molar-refractivity contribution >= 4 is 6.29 Å². The molecule has 0 unspecified atom stereocenters. The largest absolute Gasteiger partial charge is 0.419 e. The van der Waals surface area contributed by atoms with Crippen LogP contribution in [0.2, 0.25) is 0 Å². The van der Waals surface area contributed by atoms with Crippen molar-refractivity contribution in [3.8, 4) is 0 Å². The van der Waals surface area contributed by atoms with E-state index in [1.165, 1.54) is 0 Å². The van der Waals surface area contributed by atoms with Gasteiger partial charge in [0.05, 0.1) is 11.3 Å². The number of hydrogen-bond donors (Lipinski definition) is 1. The molecule has 0 amide bonds. The second-order valence-corrected chi connectivity index (χ2v) is 3.08. The second kappa shape index (κ2) is 4.74. The first kappa shape index (κ1) is 13.5. The van der Waals surface area contributed by atoms with Gasteiger partial charge >= 0.3 is 6.18 Å². The molecule has 0 aliphatic carbocycles. The topological polar surface area (TPSA) is 56.0 Å². The van der Waals surface area contributed by atoms with Crippen molar-refractivity contribution < 1.29 is 26.7 Å². The van der Waals surface area contributed by atoms with Crippen molar-refractivity contribution in [1.82, 2.24) is 4.98 Å². The van der Waals surface area contributed by atoms with E-state index in [1.54, 1.807) is 0 Å². The molecular formula is C9H7F5N2O. The zero-order valence-electron chi connectivity index (χ0n) is 8.26. The van der Waals surface area contributed by atoms with Gasteiger partial charge in [-0.3, -0.25) is 4.79 Å². The number of nitrogens with two attached hydrogens (primary N) is 1. The molecule has 2 N–H and O–H groups in total. The highest BCUT2D eigenvalue weighted by atomic mass is 19.4. The Bertz CT molecular complexity index is 430. The third-order valence-corrected chi connectivity index (χ3v) is 1.97. The van der Waals surface area contributed by atoms with Crippen molar-refractivity contribution in [1.29, 1.82) is 0 Å². The summed E-state index contributed by atoms with van der Waals surface area (Å²) in [6.45, 7) is -0.335. The molecular weight excluding hydrogens is 247 g/mol. The SMILES string of the molecule is NCc1cc(C(F)F)c(C(F)(F)F)c(C=O)n1. The molecule has 8 heteroatoms. The van der Waals surface area contributed by atoms with E-state index in [0.29, 0.717) is 6.07 Å². The first-order valence-corrected chi connectivity index (χ1v) is 4.35. The minimum Gasteiger partial charge on any atom is -0.325 e. The van der Waals surface area contributed by atoms with E-state index >= 15 is 0 Å². The van der Waals surface area contributed by atoms with Crippen molar-refractivity contribution in [3.05, 3.63) is 28.6 Å². The summed E-state index contributed by atoms with van der Waals surface area (Å²) in [5.41, 5.74) is 0.834. The second-order valence-electron chi connectivity index (χ2n) is 3.08. The van der Waals surface area contributed by atoms with Crippen LogP contribution in [-0.4, -0.2) is 11.3 Å². The van der Waals surface area contributed by atoms with Gasteiger partial charge in [0.1, 0.15) is 5.69 Å². The highest BCUT2D eigenvalue weighted by molar-refractivity contribution is 5.75. The lowest BCUT2D eigenvalue weighted by molar-refractivity contribution is -0.140. The van der Waals surface area contributed by atoms with Gasteiger partial charge in [0.2, 0.25) is 0 Å². The molecule has 1 rings (SSSR count). The van der Waals surface area contributed by atoms with Crippen LogP contribution in [-0.2, 0) is 12.7 Å². The zero-order chi connectivity index (χ0) is 13.2. The average molecular weight is 254 g/mol. The molecule has 0 spiro atoms. The molecule has 0 saturated heterocycles. The van der Waals surface area contributed by atoms with Crippen molar-refractivity contribution in [2.45, 2.75) is 19.1 Å². The molecule has 0 aliphatic heterocycles. The molecule has 3 nitrogen and oxygen atoms in total. The number of halogens is 5. The van der Waals surface area contributed by atoms with Gasteiger partial charge in [0.15, 0.2) is 6.29 Å². The number of hydrogen-bond acceptors (Lipinski definition) is 3. The fourth-order valence-electron chi connectivity index (χ4n) is 1.31. The van der Waals surface area contributed by atoms with Crippen LogP contribution in [0.15, 0.2) is 6.07 Å². The van der Waals surface area contributed by atoms with Crippen LogP contribution in [0.25, 0.3) is 0 Å². The van der Waals surface area contributed by atoms with E-state index in [0.717, 1.165) is 0 Å². The minimum atomic E-state index is -5.07. The van der Waals surface area contributed by atoms with Crippen LogP contribution in [0.1, 0.15) is 33.7 Å². The van der Waals surface area contributed by atoms with Gasteiger partial charge in [0.25, 0.3) is 6.43 Å². The van der Waals surface area contributed by atoms with Gasteiger partial charge in [0, 0.05) is 12.1 Å². The molecule has 94 valence electrons. The molecule has 1 aromatic rings. The van der Waals surface area contributed by atoms with Gasteiger partial charge in [-0.1, -0.05) is 0 Å². The number of aldehydes is 1. The lowest BCUT2D eigenvalue weighted by atomic mass is 10.0. The van der Waals surface area contributed by atoms with E-state index in [4.69, 9.17) is 5.73 Å². The van der Waals surface area contributed by atoms with Gasteiger partial charge < -0.3 is 5.73 Å². The van der Waals surface area contributed by atoms with Crippen LogP contribution in [0.3, 0.4) is 0 Å². The highest BCUT2D eigenvalue weighted by Crippen LogP contribution is 2.37. The molecule has 0 saturated carbocycles. The Morgan fingerprint density at radius 1 is 1.41 bits per heavy atom. The van der Waals surface area contributed by atoms with E-state index in [1.807, 2.05) is 0 Å². The van der Waals surface area contributed by atoms with Gasteiger partial charge in [-0.2, -0.15) is 13.2 Å². The molecule has 0 fully saturated rings. The Hall–Kier alpha value is -1.57. The Labute approximate surface area is 92.4 Å². The third-order valence-electron chi connectivity index (χ3n) is 1.97. The summed E-state index contributed by atoms with van der Waals surface area (Å²) in [4.78, 5) is 13.7. The quantitative estimate of drug-likeness (QED) is 0.665. The number of aromatic nitrogens is 1. The van der Waals surface area contributed by atoms with Crippen molar-refractivity contribution in [3.63, 3.8) is 0 Å². The van der Waals surface area contributed by atoms with Crippen LogP contribution in [0.4, 0.5) is 22.0 Å². The number of rotatable bonds is 3. The third kappa shape index (κ3) is 2.76. The fraction of sp³-hybridized carbons (Fsp3) is 0.333. The first-order valence-electron chi connectivity index (χ1n) is 4.35. The van der Waals surface area contributed by atoms with E-state index in [9.17, 15) is 26.7 Å². The molecule has 0 bridgehead atoms. The lowest BCUT2D eigenvalue weighted by Crippen LogP contribution is -2.17. The lowest BCUT2D eigenvalue weighted by Gasteiger charge is -2.15. The van der Waals surface area contributed by atoms with Crippen LogP contribution in [0, 0.1) is 0 Å². The number of carbonyl (C=O) groups is 1. The smallest absolute Gasteiger partial charge is 0.325 e. The predicted molar refractivity (Wildman–Crippen MR) is 47.5 cm³/mol. The maximum absolute atomic E-state index is 12.5. The average Bonchev–Trinajstić information content (AvgIpc) is 2.25. The molecule has 1 aromatic heterocycles. The number of nitrogens with zero attached hydrogens (tertiary/aromatic N) is 1. The van der Waals surface area contributed by atoms with E-state index in [2.05, 4.69) is 4.98 Å². The first-order chi connectivity index (χ1) is 7.81. The molecule has 0 aromatic carbocycles. The summed E-state index contributed by atoms with van der Waals surface area (Å²) in [6, 6.07) is 0.556. The minimum absolute atomic E-state index is 0.199. The fourth-order valence-corrected chi connectivity index (χ4v) is 1.31.